The third-order valence-electron chi connectivity index (χ3n) is 5.03. The Labute approximate surface area is 168 Å². The van der Waals surface area contributed by atoms with E-state index in [0.717, 1.165) is 22.5 Å². The first-order chi connectivity index (χ1) is 13.9. The molecule has 0 spiro atoms. The van der Waals surface area contributed by atoms with Crippen molar-refractivity contribution in [3.8, 4) is 17.0 Å². The van der Waals surface area contributed by atoms with Crippen molar-refractivity contribution < 1.29 is 14.6 Å². The van der Waals surface area contributed by atoms with Gasteiger partial charge in [-0.25, -0.2) is 4.98 Å². The quantitative estimate of drug-likeness (QED) is 0.716. The molecular formula is C21H23N5O3. The Balaban J connectivity index is 1.72. The Kier molecular flexibility index (Phi) is 4.79. The summed E-state index contributed by atoms with van der Waals surface area (Å²) in [6.45, 7) is 5.92. The number of pyridine rings is 2. The zero-order valence-corrected chi connectivity index (χ0v) is 16.8. The molecule has 29 heavy (non-hydrogen) atoms. The molecule has 1 N–H and O–H groups in total. The van der Waals surface area contributed by atoms with Crippen LogP contribution in [0.2, 0.25) is 0 Å². The van der Waals surface area contributed by atoms with E-state index >= 15 is 0 Å². The summed E-state index contributed by atoms with van der Waals surface area (Å²) in [6, 6.07) is 5.29. The summed E-state index contributed by atoms with van der Waals surface area (Å²) >= 11 is 0. The van der Waals surface area contributed by atoms with Crippen molar-refractivity contribution in [3.63, 3.8) is 0 Å². The van der Waals surface area contributed by atoms with E-state index in [4.69, 9.17) is 9.72 Å². The molecule has 1 aliphatic rings. The summed E-state index contributed by atoms with van der Waals surface area (Å²) in [7, 11) is 1.59. The topological polar surface area (TPSA) is 93.4 Å². The van der Waals surface area contributed by atoms with E-state index in [0.29, 0.717) is 23.7 Å². The van der Waals surface area contributed by atoms with Gasteiger partial charge in [0.15, 0.2) is 5.82 Å². The van der Waals surface area contributed by atoms with Gasteiger partial charge in [-0.2, -0.15) is 5.10 Å². The van der Waals surface area contributed by atoms with Crippen molar-refractivity contribution in [2.24, 2.45) is 0 Å². The van der Waals surface area contributed by atoms with Gasteiger partial charge in [0.25, 0.3) is 5.91 Å². The highest BCUT2D eigenvalue weighted by Gasteiger charge is 2.39. The standard InChI is InChI=1S/C21H23N5O3/c1-12-7-17(15-8-16(29-4)10-22-9-15)23-20-14(3)26(21(28)19(12)20)18-5-6-25(24-18)11-13(2)27/h5-10,13-14,27H,11H2,1-4H3/t13-,14-/m0/s1. The molecule has 0 fully saturated rings. The number of aliphatic hydroxyl groups is 1. The Morgan fingerprint density at radius 2 is 2.10 bits per heavy atom. The first kappa shape index (κ1) is 19.1. The number of rotatable bonds is 5. The fourth-order valence-electron chi connectivity index (χ4n) is 3.67. The number of ether oxygens (including phenoxy) is 1. The average Bonchev–Trinajstić information content (AvgIpc) is 3.23. The molecule has 8 heteroatoms. The van der Waals surface area contributed by atoms with Crippen LogP contribution in [0.5, 0.6) is 5.75 Å². The normalized spacial score (nSPS) is 16.8. The molecule has 0 bridgehead atoms. The van der Waals surface area contributed by atoms with Crippen LogP contribution in [-0.4, -0.2) is 44.0 Å². The average molecular weight is 393 g/mol. The predicted octanol–water partition coefficient (Wildman–Crippen LogP) is 2.76. The summed E-state index contributed by atoms with van der Waals surface area (Å²) in [5.41, 5.74) is 3.76. The molecule has 1 aliphatic heterocycles. The van der Waals surface area contributed by atoms with Gasteiger partial charge in [-0.1, -0.05) is 0 Å². The number of hydrogen-bond donors (Lipinski definition) is 1. The van der Waals surface area contributed by atoms with Crippen LogP contribution in [0.1, 0.15) is 41.5 Å². The van der Waals surface area contributed by atoms with Crippen molar-refractivity contribution >= 4 is 11.7 Å². The van der Waals surface area contributed by atoms with Gasteiger partial charge in [0.1, 0.15) is 5.75 Å². The maximum absolute atomic E-state index is 13.2. The minimum absolute atomic E-state index is 0.116. The molecule has 4 heterocycles. The van der Waals surface area contributed by atoms with Gasteiger partial charge in [-0.05, 0) is 38.5 Å². The number of amides is 1. The molecule has 1 amide bonds. The van der Waals surface area contributed by atoms with Gasteiger partial charge < -0.3 is 9.84 Å². The largest absolute Gasteiger partial charge is 0.495 e. The van der Waals surface area contributed by atoms with E-state index < -0.39 is 6.10 Å². The second-order valence-electron chi connectivity index (χ2n) is 7.29. The first-order valence-electron chi connectivity index (χ1n) is 9.45. The number of carbonyl (C=O) groups is 1. The highest BCUT2D eigenvalue weighted by Crippen LogP contribution is 2.38. The van der Waals surface area contributed by atoms with Gasteiger partial charge in [0, 0.05) is 24.0 Å². The number of fused-ring (bicyclic) bond motifs is 1. The van der Waals surface area contributed by atoms with Crippen LogP contribution in [0.25, 0.3) is 11.3 Å². The van der Waals surface area contributed by atoms with Crippen molar-refractivity contribution in [3.05, 3.63) is 53.6 Å². The van der Waals surface area contributed by atoms with E-state index in [1.54, 1.807) is 48.3 Å². The fraction of sp³-hybridized carbons (Fsp3) is 0.333. The minimum atomic E-state index is -0.519. The zero-order chi connectivity index (χ0) is 20.7. The van der Waals surface area contributed by atoms with E-state index in [9.17, 15) is 9.90 Å². The molecule has 0 saturated heterocycles. The number of nitrogens with zero attached hydrogens (tertiary/aromatic N) is 5. The third-order valence-corrected chi connectivity index (χ3v) is 5.03. The monoisotopic (exact) mass is 393 g/mol. The number of anilines is 1. The number of hydrogen-bond acceptors (Lipinski definition) is 6. The Morgan fingerprint density at radius 1 is 1.31 bits per heavy atom. The van der Waals surface area contributed by atoms with Crippen LogP contribution in [-0.2, 0) is 6.54 Å². The maximum atomic E-state index is 13.2. The zero-order valence-electron chi connectivity index (χ0n) is 16.8. The lowest BCUT2D eigenvalue weighted by molar-refractivity contribution is 0.0991. The van der Waals surface area contributed by atoms with Crippen molar-refractivity contribution in [1.82, 2.24) is 19.7 Å². The molecule has 0 saturated carbocycles. The molecule has 0 aliphatic carbocycles. The molecule has 0 unspecified atom stereocenters. The number of aromatic nitrogens is 4. The Hall–Kier alpha value is -3.26. The molecule has 2 atom stereocenters. The summed E-state index contributed by atoms with van der Waals surface area (Å²) in [5, 5.41) is 14.0. The fourth-order valence-corrected chi connectivity index (χ4v) is 3.67. The lowest BCUT2D eigenvalue weighted by atomic mass is 10.0. The Morgan fingerprint density at radius 3 is 2.83 bits per heavy atom. The summed E-state index contributed by atoms with van der Waals surface area (Å²) in [5.74, 6) is 1.08. The van der Waals surface area contributed by atoms with Crippen molar-refractivity contribution in [2.75, 3.05) is 12.0 Å². The van der Waals surface area contributed by atoms with E-state index in [2.05, 4.69) is 10.1 Å². The van der Waals surface area contributed by atoms with Crippen LogP contribution in [0.3, 0.4) is 0 Å². The molecule has 0 radical (unpaired) electrons. The highest BCUT2D eigenvalue weighted by atomic mass is 16.5. The van der Waals surface area contributed by atoms with Crippen LogP contribution in [0.4, 0.5) is 5.82 Å². The van der Waals surface area contributed by atoms with E-state index in [1.807, 2.05) is 26.0 Å². The number of aliphatic hydroxyl groups excluding tert-OH is 1. The molecule has 8 nitrogen and oxygen atoms in total. The van der Waals surface area contributed by atoms with Crippen molar-refractivity contribution in [1.29, 1.82) is 0 Å². The van der Waals surface area contributed by atoms with Crippen LogP contribution in [0, 0.1) is 6.92 Å². The van der Waals surface area contributed by atoms with Crippen LogP contribution >= 0.6 is 0 Å². The first-order valence-corrected chi connectivity index (χ1v) is 9.45. The molecule has 0 aromatic carbocycles. The second kappa shape index (κ2) is 7.29. The van der Waals surface area contributed by atoms with Crippen LogP contribution < -0.4 is 9.64 Å². The lowest BCUT2D eigenvalue weighted by Gasteiger charge is -2.18. The third kappa shape index (κ3) is 3.36. The molecule has 3 aromatic heterocycles. The summed E-state index contributed by atoms with van der Waals surface area (Å²) in [4.78, 5) is 23.8. The number of carbonyl (C=O) groups excluding carboxylic acids is 1. The molecule has 150 valence electrons. The minimum Gasteiger partial charge on any atom is -0.495 e. The highest BCUT2D eigenvalue weighted by molar-refractivity contribution is 6.11. The van der Waals surface area contributed by atoms with Gasteiger partial charge in [0.05, 0.1) is 48.9 Å². The van der Waals surface area contributed by atoms with Gasteiger partial charge in [-0.3, -0.25) is 19.4 Å². The lowest BCUT2D eigenvalue weighted by Crippen LogP contribution is -2.27. The predicted molar refractivity (Wildman–Crippen MR) is 108 cm³/mol. The van der Waals surface area contributed by atoms with Gasteiger partial charge in [-0.15, -0.1) is 0 Å². The summed E-state index contributed by atoms with van der Waals surface area (Å²) in [6.07, 6.45) is 4.61. The van der Waals surface area contributed by atoms with E-state index in [-0.39, 0.29) is 11.9 Å². The van der Waals surface area contributed by atoms with E-state index in [1.165, 1.54) is 0 Å². The molecular weight excluding hydrogens is 370 g/mol. The van der Waals surface area contributed by atoms with Gasteiger partial charge in [0.2, 0.25) is 0 Å². The van der Waals surface area contributed by atoms with Crippen molar-refractivity contribution in [2.45, 2.75) is 39.5 Å². The molecule has 3 aromatic rings. The number of methoxy groups -OCH3 is 1. The smallest absolute Gasteiger partial charge is 0.262 e. The van der Waals surface area contributed by atoms with Crippen LogP contribution in [0.15, 0.2) is 36.8 Å². The maximum Gasteiger partial charge on any atom is 0.262 e. The number of aryl methyl sites for hydroxylation is 1. The van der Waals surface area contributed by atoms with Gasteiger partial charge >= 0.3 is 0 Å². The Bertz CT molecular complexity index is 1080. The summed E-state index contributed by atoms with van der Waals surface area (Å²) < 4.78 is 6.90. The SMILES string of the molecule is COc1cncc(-c2cc(C)c3c(n2)[C@H](C)N(c2ccn(C[C@H](C)O)n2)C3=O)c1. The second-order valence-corrected chi connectivity index (χ2v) is 7.29. The molecule has 4 rings (SSSR count).